The predicted molar refractivity (Wildman–Crippen MR) is 157 cm³/mol. The number of hydrogen-bond acceptors (Lipinski definition) is 9. The molecule has 1 amide bonds. The number of H-pyrrole nitrogens is 1. The Kier molecular flexibility index (Phi) is 9.08. The summed E-state index contributed by atoms with van der Waals surface area (Å²) in [5.74, 6) is -2.25. The Labute approximate surface area is 255 Å². The van der Waals surface area contributed by atoms with E-state index in [2.05, 4.69) is 20.4 Å². The van der Waals surface area contributed by atoms with E-state index in [-0.39, 0.29) is 34.2 Å². The second-order valence-electron chi connectivity index (χ2n) is 10.4. The monoisotopic (exact) mass is 646 g/mol. The van der Waals surface area contributed by atoms with Crippen LogP contribution in [-0.2, 0) is 34.3 Å². The number of carbonyl (C=O) groups is 1. The van der Waals surface area contributed by atoms with Crippen molar-refractivity contribution < 1.29 is 36.2 Å². The Morgan fingerprint density at radius 1 is 1.20 bits per heavy atom. The minimum Gasteiger partial charge on any atom is -0.493 e. The SMILES string of the molecule is CCCc1nn(C)c2c(=O)[nH]c(-c3cc(S(=O)(=O)CC(C)(O)C(=O)Nc4ccc(C#N)c(C(F)(F)F)c4)ccc3OCC)nc12. The van der Waals surface area contributed by atoms with Crippen LogP contribution in [0.15, 0.2) is 46.1 Å². The Bertz CT molecular complexity index is 1990. The second kappa shape index (κ2) is 12.3. The highest BCUT2D eigenvalue weighted by atomic mass is 32.2. The minimum atomic E-state index is -4.90. The summed E-state index contributed by atoms with van der Waals surface area (Å²) in [4.78, 5) is 32.8. The molecule has 4 rings (SSSR count). The largest absolute Gasteiger partial charge is 0.493 e. The lowest BCUT2D eigenvalue weighted by atomic mass is 10.1. The highest BCUT2D eigenvalue weighted by Crippen LogP contribution is 2.35. The lowest BCUT2D eigenvalue weighted by Gasteiger charge is -2.23. The first kappa shape index (κ1) is 33.1. The average Bonchev–Trinajstić information content (AvgIpc) is 3.27. The van der Waals surface area contributed by atoms with Crippen LogP contribution in [0.25, 0.3) is 22.4 Å². The van der Waals surface area contributed by atoms with Gasteiger partial charge in [-0.25, -0.2) is 13.4 Å². The fourth-order valence-electron chi connectivity index (χ4n) is 4.69. The van der Waals surface area contributed by atoms with Gasteiger partial charge in [-0.3, -0.25) is 14.3 Å². The second-order valence-corrected chi connectivity index (χ2v) is 12.4. The number of fused-ring (bicyclic) bond motifs is 1. The molecule has 0 saturated heterocycles. The molecule has 0 fully saturated rings. The van der Waals surface area contributed by atoms with Gasteiger partial charge in [0, 0.05) is 12.7 Å². The van der Waals surface area contributed by atoms with E-state index < -0.39 is 55.6 Å². The lowest BCUT2D eigenvalue weighted by molar-refractivity contribution is -0.137. The summed E-state index contributed by atoms with van der Waals surface area (Å²) in [5.41, 5.74) is -4.26. The highest BCUT2D eigenvalue weighted by molar-refractivity contribution is 7.91. The van der Waals surface area contributed by atoms with Crippen LogP contribution in [0.1, 0.15) is 44.0 Å². The third kappa shape index (κ3) is 6.84. The maximum atomic E-state index is 13.5. The Morgan fingerprint density at radius 3 is 2.53 bits per heavy atom. The molecule has 0 aliphatic rings. The van der Waals surface area contributed by atoms with Crippen molar-refractivity contribution in [3.05, 3.63) is 63.6 Å². The number of halogens is 3. The summed E-state index contributed by atoms with van der Waals surface area (Å²) < 4.78 is 74.1. The molecular formula is C29H29F3N6O6S. The molecule has 2 aromatic heterocycles. The summed E-state index contributed by atoms with van der Waals surface area (Å²) in [5, 5.41) is 26.3. The number of amides is 1. The summed E-state index contributed by atoms with van der Waals surface area (Å²) in [6, 6.07) is 7.51. The third-order valence-electron chi connectivity index (χ3n) is 6.78. The van der Waals surface area contributed by atoms with Crippen molar-refractivity contribution in [1.29, 1.82) is 5.26 Å². The summed E-state index contributed by atoms with van der Waals surface area (Å²) >= 11 is 0. The number of hydrogen-bond donors (Lipinski definition) is 3. The maximum Gasteiger partial charge on any atom is 0.417 e. The van der Waals surface area contributed by atoms with Crippen molar-refractivity contribution >= 4 is 32.5 Å². The number of nitrogens with one attached hydrogen (secondary N) is 2. The summed E-state index contributed by atoms with van der Waals surface area (Å²) in [6.45, 7) is 4.74. The molecule has 1 unspecified atom stereocenters. The Hall–Kier alpha value is -4.75. The highest BCUT2D eigenvalue weighted by Gasteiger charge is 2.38. The van der Waals surface area contributed by atoms with Crippen molar-refractivity contribution in [3.63, 3.8) is 0 Å². The topological polar surface area (TPSA) is 180 Å². The number of rotatable bonds is 10. The normalized spacial score (nSPS) is 13.3. The molecule has 12 nitrogen and oxygen atoms in total. The smallest absolute Gasteiger partial charge is 0.417 e. The van der Waals surface area contributed by atoms with Gasteiger partial charge in [0.25, 0.3) is 11.5 Å². The van der Waals surface area contributed by atoms with Gasteiger partial charge < -0.3 is 20.1 Å². The molecule has 238 valence electrons. The molecule has 0 saturated carbocycles. The predicted octanol–water partition coefficient (Wildman–Crippen LogP) is 3.73. The van der Waals surface area contributed by atoms with Crippen LogP contribution in [0.2, 0.25) is 0 Å². The van der Waals surface area contributed by atoms with Crippen LogP contribution in [0.3, 0.4) is 0 Å². The number of anilines is 1. The zero-order chi connectivity index (χ0) is 33.3. The molecule has 1 atom stereocenters. The fourth-order valence-corrected chi connectivity index (χ4v) is 6.30. The first-order chi connectivity index (χ1) is 21.0. The number of aromatic nitrogens is 4. The fraction of sp³-hybridized carbons (Fsp3) is 0.345. The molecule has 0 bridgehead atoms. The molecule has 3 N–H and O–H groups in total. The zero-order valence-electron chi connectivity index (χ0n) is 24.6. The average molecular weight is 647 g/mol. The number of nitrogens with zero attached hydrogens (tertiary/aromatic N) is 4. The number of benzene rings is 2. The van der Waals surface area contributed by atoms with E-state index in [1.807, 2.05) is 6.92 Å². The molecule has 4 aromatic rings. The Balaban J connectivity index is 1.70. The standard InChI is InChI=1S/C29H29F3N6O6S/c1-5-7-21-23-24(38(4)37-21)26(39)36-25(35-23)19-13-18(10-11-22(19)44-6-2)45(42,43)15-28(3,41)27(40)34-17-9-8-16(14-33)20(12-17)29(30,31)32/h8-13,41H,5-7,15H2,1-4H3,(H,34,40)(H,35,36,39). The number of carbonyl (C=O) groups excluding carboxylic acids is 1. The quantitative estimate of drug-likeness (QED) is 0.231. The first-order valence-corrected chi connectivity index (χ1v) is 15.3. The van der Waals surface area contributed by atoms with E-state index >= 15 is 0 Å². The van der Waals surface area contributed by atoms with Gasteiger partial charge in [0.2, 0.25) is 0 Å². The van der Waals surface area contributed by atoms with Crippen LogP contribution < -0.4 is 15.6 Å². The van der Waals surface area contributed by atoms with Gasteiger partial charge in [-0.05, 0) is 56.7 Å². The van der Waals surface area contributed by atoms with Gasteiger partial charge in [0.15, 0.2) is 21.0 Å². The zero-order valence-corrected chi connectivity index (χ0v) is 25.4. The van der Waals surface area contributed by atoms with Crippen LogP contribution in [0.4, 0.5) is 18.9 Å². The van der Waals surface area contributed by atoms with Crippen LogP contribution in [-0.4, -0.2) is 57.1 Å². The van der Waals surface area contributed by atoms with E-state index in [9.17, 15) is 36.3 Å². The number of alkyl halides is 3. The van der Waals surface area contributed by atoms with Crippen LogP contribution in [0.5, 0.6) is 5.75 Å². The molecule has 0 aliphatic heterocycles. The van der Waals surface area contributed by atoms with Crippen molar-refractivity contribution in [1.82, 2.24) is 19.7 Å². The van der Waals surface area contributed by atoms with Crippen molar-refractivity contribution in [2.45, 2.75) is 50.3 Å². The molecule has 0 aliphatic carbocycles. The number of sulfone groups is 1. The van der Waals surface area contributed by atoms with E-state index in [0.717, 1.165) is 25.5 Å². The molecule has 16 heteroatoms. The van der Waals surface area contributed by atoms with Crippen molar-refractivity contribution in [2.75, 3.05) is 17.7 Å². The molecule has 0 spiro atoms. The van der Waals surface area contributed by atoms with Crippen molar-refractivity contribution in [2.24, 2.45) is 7.05 Å². The van der Waals surface area contributed by atoms with Crippen molar-refractivity contribution in [3.8, 4) is 23.2 Å². The number of nitriles is 1. The molecule has 0 radical (unpaired) electrons. The maximum absolute atomic E-state index is 13.5. The van der Waals surface area contributed by atoms with Gasteiger partial charge in [-0.1, -0.05) is 13.3 Å². The molecule has 2 heterocycles. The van der Waals surface area contributed by atoms with Gasteiger partial charge in [-0.15, -0.1) is 0 Å². The number of ether oxygens (including phenoxy) is 1. The summed E-state index contributed by atoms with van der Waals surface area (Å²) in [6.07, 6.45) is -3.63. The van der Waals surface area contributed by atoms with Gasteiger partial charge >= 0.3 is 6.18 Å². The molecular weight excluding hydrogens is 617 g/mol. The van der Waals surface area contributed by atoms with E-state index in [1.54, 1.807) is 14.0 Å². The van der Waals surface area contributed by atoms with Crippen LogP contribution in [0, 0.1) is 11.3 Å². The minimum absolute atomic E-state index is 0.00383. The van der Waals surface area contributed by atoms with E-state index in [4.69, 9.17) is 10.00 Å². The molecule has 2 aromatic carbocycles. The van der Waals surface area contributed by atoms with E-state index in [1.165, 1.54) is 29.0 Å². The van der Waals surface area contributed by atoms with Crippen LogP contribution >= 0.6 is 0 Å². The van der Waals surface area contributed by atoms with Gasteiger partial charge in [0.1, 0.15) is 17.1 Å². The molecule has 45 heavy (non-hydrogen) atoms. The lowest BCUT2D eigenvalue weighted by Crippen LogP contribution is -2.45. The Morgan fingerprint density at radius 2 is 1.91 bits per heavy atom. The first-order valence-electron chi connectivity index (χ1n) is 13.6. The summed E-state index contributed by atoms with van der Waals surface area (Å²) in [7, 11) is -2.84. The van der Waals surface area contributed by atoms with E-state index in [0.29, 0.717) is 23.7 Å². The number of aromatic amines is 1. The number of aryl methyl sites for hydroxylation is 2. The number of aliphatic hydroxyl groups is 1. The van der Waals surface area contributed by atoms with Gasteiger partial charge in [-0.2, -0.15) is 23.5 Å². The van der Waals surface area contributed by atoms with Gasteiger partial charge in [0.05, 0.1) is 45.7 Å². The third-order valence-corrected chi connectivity index (χ3v) is 8.69.